The number of aromatic hydroxyl groups is 1. The van der Waals surface area contributed by atoms with Crippen LogP contribution in [0.15, 0.2) is 0 Å². The molecule has 1 aliphatic rings. The van der Waals surface area contributed by atoms with Crippen molar-refractivity contribution in [2.45, 2.75) is 83.5 Å². The summed E-state index contributed by atoms with van der Waals surface area (Å²) >= 11 is 0. The van der Waals surface area contributed by atoms with Crippen LogP contribution < -0.4 is 0 Å². The van der Waals surface area contributed by atoms with Gasteiger partial charge in [0.2, 0.25) is 5.88 Å². The van der Waals surface area contributed by atoms with Gasteiger partial charge in [-0.15, -0.1) is 10.2 Å². The summed E-state index contributed by atoms with van der Waals surface area (Å²) in [5.41, 5.74) is 0.605. The van der Waals surface area contributed by atoms with Crippen LogP contribution in [0.5, 0.6) is 5.88 Å². The van der Waals surface area contributed by atoms with Crippen LogP contribution in [0.25, 0.3) is 0 Å². The third-order valence-electron chi connectivity index (χ3n) is 4.23. The third kappa shape index (κ3) is 4.15. The van der Waals surface area contributed by atoms with E-state index >= 15 is 0 Å². The summed E-state index contributed by atoms with van der Waals surface area (Å²) < 4.78 is 0. The number of hydrogen-bond donors (Lipinski definition) is 1. The Balaban J connectivity index is 2.08. The molecule has 0 unspecified atom stereocenters. The Labute approximate surface area is 122 Å². The first-order valence-corrected chi connectivity index (χ1v) is 8.12. The van der Waals surface area contributed by atoms with E-state index in [4.69, 9.17) is 0 Å². The zero-order valence-corrected chi connectivity index (χ0v) is 12.8. The first kappa shape index (κ1) is 15.2. The van der Waals surface area contributed by atoms with Gasteiger partial charge in [0.1, 0.15) is 5.69 Å². The van der Waals surface area contributed by atoms with Gasteiger partial charge in [-0.2, -0.15) is 4.98 Å². The first-order chi connectivity index (χ1) is 9.68. The molecule has 0 saturated heterocycles. The Hall–Kier alpha value is -1.19. The van der Waals surface area contributed by atoms with Crippen molar-refractivity contribution < 1.29 is 5.11 Å². The Morgan fingerprint density at radius 1 is 0.900 bits per heavy atom. The maximum absolute atomic E-state index is 10.0. The fraction of sp³-hybridized carbons (Fsp3) is 0.812. The Morgan fingerprint density at radius 3 is 1.95 bits per heavy atom. The summed E-state index contributed by atoms with van der Waals surface area (Å²) in [6, 6.07) is 0. The van der Waals surface area contributed by atoms with Crippen molar-refractivity contribution in [3.8, 4) is 5.88 Å². The van der Waals surface area contributed by atoms with Crippen molar-refractivity contribution in [1.82, 2.24) is 15.2 Å². The molecule has 0 radical (unpaired) electrons. The van der Waals surface area contributed by atoms with Crippen LogP contribution in [0.3, 0.4) is 0 Å². The highest BCUT2D eigenvalue weighted by Gasteiger charge is 2.19. The monoisotopic (exact) mass is 277 g/mol. The van der Waals surface area contributed by atoms with E-state index in [-0.39, 0.29) is 11.8 Å². The summed E-state index contributed by atoms with van der Waals surface area (Å²) in [6.45, 7) is 3.99. The Bertz CT molecular complexity index is 410. The van der Waals surface area contributed by atoms with E-state index < -0.39 is 0 Å². The van der Waals surface area contributed by atoms with Gasteiger partial charge < -0.3 is 5.11 Å². The van der Waals surface area contributed by atoms with Gasteiger partial charge in [0.15, 0.2) is 5.82 Å². The molecule has 1 aliphatic carbocycles. The number of aromatic nitrogens is 3. The minimum Gasteiger partial charge on any atom is -0.492 e. The molecule has 1 aromatic heterocycles. The van der Waals surface area contributed by atoms with Crippen LogP contribution in [0.4, 0.5) is 0 Å². The topological polar surface area (TPSA) is 58.9 Å². The summed E-state index contributed by atoms with van der Waals surface area (Å²) in [5.74, 6) is 1.34. The standard InChI is InChI=1S/C16H27N3O/c1-12(2)14-16(20)17-15(19-18-14)13-10-8-6-4-3-5-7-9-11-13/h12-13H,3-11H2,1-2H3,(H,17,19,20). The zero-order valence-electron chi connectivity index (χ0n) is 12.8. The van der Waals surface area contributed by atoms with Gasteiger partial charge in [0.05, 0.1) is 0 Å². The van der Waals surface area contributed by atoms with Gasteiger partial charge in [-0.05, 0) is 12.8 Å². The minimum absolute atomic E-state index is 0.0714. The number of hydrogen-bond acceptors (Lipinski definition) is 4. The predicted octanol–water partition coefficient (Wildman–Crippen LogP) is 4.31. The van der Waals surface area contributed by atoms with E-state index in [1.54, 1.807) is 0 Å². The fourth-order valence-electron chi connectivity index (χ4n) is 2.95. The van der Waals surface area contributed by atoms with Crippen LogP contribution in [0.1, 0.15) is 95.0 Å². The normalized spacial score (nSPS) is 19.1. The van der Waals surface area contributed by atoms with E-state index in [1.807, 2.05) is 13.8 Å². The van der Waals surface area contributed by atoms with Gasteiger partial charge in [-0.3, -0.25) is 0 Å². The summed E-state index contributed by atoms with van der Waals surface area (Å²) in [5, 5.41) is 18.5. The highest BCUT2D eigenvalue weighted by molar-refractivity contribution is 5.19. The lowest BCUT2D eigenvalue weighted by molar-refractivity contribution is 0.408. The molecular weight excluding hydrogens is 250 g/mol. The van der Waals surface area contributed by atoms with Gasteiger partial charge in [-0.1, -0.05) is 58.8 Å². The van der Waals surface area contributed by atoms with Crippen molar-refractivity contribution >= 4 is 0 Å². The lowest BCUT2D eigenvalue weighted by Crippen LogP contribution is -2.09. The molecule has 4 heteroatoms. The molecule has 1 fully saturated rings. The van der Waals surface area contributed by atoms with Crippen molar-refractivity contribution in [3.05, 3.63) is 11.5 Å². The molecule has 0 amide bonds. The number of rotatable bonds is 2. The van der Waals surface area contributed by atoms with E-state index in [1.165, 1.54) is 44.9 Å². The Morgan fingerprint density at radius 2 is 1.45 bits per heavy atom. The van der Waals surface area contributed by atoms with Gasteiger partial charge in [0, 0.05) is 11.8 Å². The Kier molecular flexibility index (Phi) is 5.74. The molecule has 2 rings (SSSR count). The maximum atomic E-state index is 10.0. The van der Waals surface area contributed by atoms with Gasteiger partial charge in [0.25, 0.3) is 0 Å². The van der Waals surface area contributed by atoms with E-state index in [0.29, 0.717) is 11.6 Å². The van der Waals surface area contributed by atoms with Crippen molar-refractivity contribution in [1.29, 1.82) is 0 Å². The largest absolute Gasteiger partial charge is 0.492 e. The van der Waals surface area contributed by atoms with E-state index in [0.717, 1.165) is 18.7 Å². The third-order valence-corrected chi connectivity index (χ3v) is 4.23. The smallest absolute Gasteiger partial charge is 0.237 e. The molecule has 20 heavy (non-hydrogen) atoms. The second-order valence-electron chi connectivity index (χ2n) is 6.28. The molecule has 1 saturated carbocycles. The zero-order chi connectivity index (χ0) is 14.4. The summed E-state index contributed by atoms with van der Waals surface area (Å²) in [6.07, 6.45) is 11.4. The number of nitrogens with zero attached hydrogens (tertiary/aromatic N) is 3. The summed E-state index contributed by atoms with van der Waals surface area (Å²) in [7, 11) is 0. The maximum Gasteiger partial charge on any atom is 0.237 e. The van der Waals surface area contributed by atoms with Gasteiger partial charge in [-0.25, -0.2) is 0 Å². The molecular formula is C16H27N3O. The molecule has 0 spiro atoms. The van der Waals surface area contributed by atoms with Gasteiger partial charge >= 0.3 is 0 Å². The molecule has 112 valence electrons. The molecule has 0 atom stereocenters. The van der Waals surface area contributed by atoms with Crippen LogP contribution in [0, 0.1) is 0 Å². The fourth-order valence-corrected chi connectivity index (χ4v) is 2.95. The van der Waals surface area contributed by atoms with Crippen LogP contribution >= 0.6 is 0 Å². The van der Waals surface area contributed by atoms with Crippen LogP contribution in [0.2, 0.25) is 0 Å². The lowest BCUT2D eigenvalue weighted by atomic mass is 9.91. The van der Waals surface area contributed by atoms with E-state index in [2.05, 4.69) is 15.2 Å². The molecule has 4 nitrogen and oxygen atoms in total. The first-order valence-electron chi connectivity index (χ1n) is 8.12. The predicted molar refractivity (Wildman–Crippen MR) is 79.9 cm³/mol. The molecule has 0 bridgehead atoms. The molecule has 1 aromatic rings. The second-order valence-corrected chi connectivity index (χ2v) is 6.28. The average Bonchev–Trinajstić information content (AvgIpc) is 2.44. The van der Waals surface area contributed by atoms with Crippen molar-refractivity contribution in [3.63, 3.8) is 0 Å². The molecule has 1 N–H and O–H groups in total. The lowest BCUT2D eigenvalue weighted by Gasteiger charge is -2.17. The van der Waals surface area contributed by atoms with E-state index in [9.17, 15) is 5.11 Å². The second kappa shape index (κ2) is 7.55. The van der Waals surface area contributed by atoms with Crippen LogP contribution in [-0.2, 0) is 0 Å². The molecule has 1 heterocycles. The quantitative estimate of drug-likeness (QED) is 0.875. The molecule has 0 aromatic carbocycles. The van der Waals surface area contributed by atoms with Crippen molar-refractivity contribution in [2.75, 3.05) is 0 Å². The SMILES string of the molecule is CC(C)c1nnc(C2CCCCCCCCC2)nc1O. The van der Waals surface area contributed by atoms with Crippen LogP contribution in [-0.4, -0.2) is 20.3 Å². The van der Waals surface area contributed by atoms with Crippen molar-refractivity contribution in [2.24, 2.45) is 0 Å². The molecule has 0 aliphatic heterocycles. The highest BCUT2D eigenvalue weighted by atomic mass is 16.3. The minimum atomic E-state index is 0.0714. The average molecular weight is 277 g/mol. The highest BCUT2D eigenvalue weighted by Crippen LogP contribution is 2.29. The summed E-state index contributed by atoms with van der Waals surface area (Å²) in [4.78, 5) is 4.33.